The van der Waals surface area contributed by atoms with Gasteiger partial charge in [0.2, 0.25) is 5.91 Å². The molecule has 1 aliphatic heterocycles. The molecule has 1 N–H and O–H groups in total. The number of hydrogen-bond donors (Lipinski definition) is 1. The Bertz CT molecular complexity index is 878. The van der Waals surface area contributed by atoms with E-state index < -0.39 is 0 Å². The lowest BCUT2D eigenvalue weighted by Crippen LogP contribution is -2.44. The van der Waals surface area contributed by atoms with Gasteiger partial charge in [0.25, 0.3) is 0 Å². The van der Waals surface area contributed by atoms with E-state index in [1.165, 1.54) is 11.3 Å². The summed E-state index contributed by atoms with van der Waals surface area (Å²) in [6, 6.07) is 10.2. The smallest absolute Gasteiger partial charge is 0.225 e. The van der Waals surface area contributed by atoms with E-state index in [1.54, 1.807) is 0 Å². The molecule has 0 radical (unpaired) electrons. The number of nitrogens with one attached hydrogen (secondary N) is 1. The number of benzene rings is 1. The topological polar surface area (TPSA) is 58.1 Å². The standard InChI is InChI=1S/C23H28N4O/c1-16(2)14-24-23(28)18-10-7-13-27(15-18)22-19-11-6-12-20(19)25-21(26-22)17-8-4-3-5-9-17/h3-5,8-9,18H,1,6-7,10-15H2,2H3,(H,24,28)/t18-/m0/s1. The molecule has 4 rings (SSSR count). The first-order valence-corrected chi connectivity index (χ1v) is 10.2. The highest BCUT2D eigenvalue weighted by atomic mass is 16.1. The van der Waals surface area contributed by atoms with Crippen molar-refractivity contribution in [2.24, 2.45) is 5.92 Å². The van der Waals surface area contributed by atoms with E-state index in [4.69, 9.17) is 9.97 Å². The number of amides is 1. The number of aromatic nitrogens is 2. The maximum absolute atomic E-state index is 12.6. The molecule has 28 heavy (non-hydrogen) atoms. The first kappa shape index (κ1) is 18.7. The van der Waals surface area contributed by atoms with Crippen LogP contribution in [0.5, 0.6) is 0 Å². The molecule has 2 heterocycles. The zero-order valence-electron chi connectivity index (χ0n) is 16.6. The quantitative estimate of drug-likeness (QED) is 0.811. The molecule has 1 saturated heterocycles. The molecule has 2 aliphatic rings. The Morgan fingerprint density at radius 2 is 2.04 bits per heavy atom. The summed E-state index contributed by atoms with van der Waals surface area (Å²) in [5.41, 5.74) is 4.48. The Balaban J connectivity index is 1.60. The molecule has 1 amide bonds. The number of hydrogen-bond acceptors (Lipinski definition) is 4. The number of anilines is 1. The minimum atomic E-state index is 0.000272. The van der Waals surface area contributed by atoms with E-state index in [0.29, 0.717) is 6.54 Å². The van der Waals surface area contributed by atoms with Crippen molar-refractivity contribution in [1.29, 1.82) is 0 Å². The van der Waals surface area contributed by atoms with Crippen LogP contribution in [0.2, 0.25) is 0 Å². The number of carbonyl (C=O) groups excluding carboxylic acids is 1. The summed E-state index contributed by atoms with van der Waals surface area (Å²) in [6.07, 6.45) is 5.11. The third kappa shape index (κ3) is 3.93. The number of piperidine rings is 1. The van der Waals surface area contributed by atoms with Gasteiger partial charge in [0.1, 0.15) is 5.82 Å². The fourth-order valence-corrected chi connectivity index (χ4v) is 4.16. The molecule has 2 aromatic rings. The third-order valence-corrected chi connectivity index (χ3v) is 5.60. The highest BCUT2D eigenvalue weighted by Gasteiger charge is 2.30. The van der Waals surface area contributed by atoms with Crippen molar-refractivity contribution in [3.8, 4) is 11.4 Å². The van der Waals surface area contributed by atoms with E-state index in [-0.39, 0.29) is 11.8 Å². The molecule has 0 saturated carbocycles. The average molecular weight is 377 g/mol. The second kappa shape index (κ2) is 8.13. The van der Waals surface area contributed by atoms with Crippen LogP contribution in [0.4, 0.5) is 5.82 Å². The van der Waals surface area contributed by atoms with Gasteiger partial charge in [-0.05, 0) is 39.0 Å². The van der Waals surface area contributed by atoms with Gasteiger partial charge in [-0.1, -0.05) is 42.5 Å². The molecule has 1 atom stereocenters. The van der Waals surface area contributed by atoms with E-state index in [1.807, 2.05) is 25.1 Å². The predicted molar refractivity (Wildman–Crippen MR) is 112 cm³/mol. The minimum absolute atomic E-state index is 0.000272. The van der Waals surface area contributed by atoms with Crippen molar-refractivity contribution in [3.63, 3.8) is 0 Å². The highest BCUT2D eigenvalue weighted by Crippen LogP contribution is 2.33. The molecular weight excluding hydrogens is 348 g/mol. The Morgan fingerprint density at radius 3 is 2.82 bits per heavy atom. The van der Waals surface area contributed by atoms with Gasteiger partial charge in [-0.2, -0.15) is 0 Å². The number of fused-ring (bicyclic) bond motifs is 1. The lowest BCUT2D eigenvalue weighted by atomic mass is 9.96. The largest absolute Gasteiger partial charge is 0.355 e. The fraction of sp³-hybridized carbons (Fsp3) is 0.435. The van der Waals surface area contributed by atoms with Crippen LogP contribution < -0.4 is 10.2 Å². The lowest BCUT2D eigenvalue weighted by molar-refractivity contribution is -0.125. The summed E-state index contributed by atoms with van der Waals surface area (Å²) in [6.45, 7) is 8.02. The van der Waals surface area contributed by atoms with Crippen molar-refractivity contribution in [1.82, 2.24) is 15.3 Å². The molecule has 5 nitrogen and oxygen atoms in total. The van der Waals surface area contributed by atoms with Crippen LogP contribution in [-0.2, 0) is 17.6 Å². The number of nitrogens with zero attached hydrogens (tertiary/aromatic N) is 3. The number of carbonyl (C=O) groups is 1. The molecule has 0 unspecified atom stereocenters. The van der Waals surface area contributed by atoms with Crippen LogP contribution in [0.15, 0.2) is 42.5 Å². The average Bonchev–Trinajstić information content (AvgIpc) is 3.20. The van der Waals surface area contributed by atoms with E-state index in [9.17, 15) is 4.79 Å². The van der Waals surface area contributed by atoms with Crippen molar-refractivity contribution >= 4 is 11.7 Å². The van der Waals surface area contributed by atoms with E-state index in [2.05, 4.69) is 28.9 Å². The normalized spacial score (nSPS) is 18.6. The predicted octanol–water partition coefficient (Wildman–Crippen LogP) is 3.54. The second-order valence-corrected chi connectivity index (χ2v) is 7.98. The number of aryl methyl sites for hydroxylation is 1. The van der Waals surface area contributed by atoms with Crippen LogP contribution in [0.3, 0.4) is 0 Å². The SMILES string of the molecule is C=C(C)CNC(=O)[C@H]1CCCN(c2nc(-c3ccccc3)nc3c2CCC3)C1. The van der Waals surface area contributed by atoms with Crippen molar-refractivity contribution in [2.75, 3.05) is 24.5 Å². The minimum Gasteiger partial charge on any atom is -0.355 e. The van der Waals surface area contributed by atoms with Crippen molar-refractivity contribution in [2.45, 2.75) is 39.0 Å². The third-order valence-electron chi connectivity index (χ3n) is 5.60. The molecule has 1 aliphatic carbocycles. The highest BCUT2D eigenvalue weighted by molar-refractivity contribution is 5.80. The van der Waals surface area contributed by atoms with Gasteiger partial charge in [-0.15, -0.1) is 0 Å². The molecule has 1 aromatic heterocycles. The Morgan fingerprint density at radius 1 is 1.21 bits per heavy atom. The first-order valence-electron chi connectivity index (χ1n) is 10.2. The van der Waals surface area contributed by atoms with Crippen LogP contribution in [-0.4, -0.2) is 35.5 Å². The van der Waals surface area contributed by atoms with Gasteiger partial charge in [0.15, 0.2) is 5.82 Å². The maximum atomic E-state index is 12.6. The molecular formula is C23H28N4O. The van der Waals surface area contributed by atoms with Gasteiger partial charge < -0.3 is 10.2 Å². The van der Waals surface area contributed by atoms with Crippen molar-refractivity contribution in [3.05, 3.63) is 53.7 Å². The van der Waals surface area contributed by atoms with Crippen LogP contribution in [0.25, 0.3) is 11.4 Å². The van der Waals surface area contributed by atoms with Gasteiger partial charge in [0, 0.05) is 36.5 Å². The zero-order valence-corrected chi connectivity index (χ0v) is 16.6. The summed E-state index contributed by atoms with van der Waals surface area (Å²) in [7, 11) is 0. The van der Waals surface area contributed by atoms with Crippen LogP contribution in [0.1, 0.15) is 37.4 Å². The fourth-order valence-electron chi connectivity index (χ4n) is 4.16. The van der Waals surface area contributed by atoms with E-state index >= 15 is 0 Å². The molecule has 1 fully saturated rings. The summed E-state index contributed by atoms with van der Waals surface area (Å²) >= 11 is 0. The van der Waals surface area contributed by atoms with Crippen LogP contribution in [0, 0.1) is 5.92 Å². The van der Waals surface area contributed by atoms with Gasteiger partial charge in [-0.3, -0.25) is 4.79 Å². The summed E-state index contributed by atoms with van der Waals surface area (Å²) in [5, 5.41) is 3.02. The van der Waals surface area contributed by atoms with E-state index in [0.717, 1.165) is 68.0 Å². The molecule has 5 heteroatoms. The molecule has 146 valence electrons. The lowest BCUT2D eigenvalue weighted by Gasteiger charge is -2.34. The van der Waals surface area contributed by atoms with Crippen molar-refractivity contribution < 1.29 is 4.79 Å². The Hall–Kier alpha value is -2.69. The molecule has 0 bridgehead atoms. The van der Waals surface area contributed by atoms with Gasteiger partial charge >= 0.3 is 0 Å². The van der Waals surface area contributed by atoms with Crippen LogP contribution >= 0.6 is 0 Å². The first-order chi connectivity index (χ1) is 13.6. The Labute approximate surface area is 166 Å². The molecule has 0 spiro atoms. The van der Waals surface area contributed by atoms with Gasteiger partial charge in [0.05, 0.1) is 5.92 Å². The number of rotatable bonds is 5. The Kier molecular flexibility index (Phi) is 5.42. The summed E-state index contributed by atoms with van der Waals surface area (Å²) in [4.78, 5) is 24.7. The summed E-state index contributed by atoms with van der Waals surface area (Å²) in [5.74, 6) is 1.96. The van der Waals surface area contributed by atoms with Gasteiger partial charge in [-0.25, -0.2) is 9.97 Å². The monoisotopic (exact) mass is 376 g/mol. The zero-order chi connectivity index (χ0) is 19.5. The second-order valence-electron chi connectivity index (χ2n) is 7.98. The maximum Gasteiger partial charge on any atom is 0.225 e. The molecule has 1 aromatic carbocycles. The summed E-state index contributed by atoms with van der Waals surface area (Å²) < 4.78 is 0.